The molecule has 0 saturated carbocycles. The van der Waals surface area contributed by atoms with Crippen molar-refractivity contribution in [2.45, 2.75) is 38.5 Å². The van der Waals surface area contributed by atoms with E-state index in [1.165, 1.54) is 0 Å². The average Bonchev–Trinajstić information content (AvgIpc) is 2.62. The Morgan fingerprint density at radius 2 is 2.31 bits per heavy atom. The van der Waals surface area contributed by atoms with Crippen molar-refractivity contribution in [3.63, 3.8) is 0 Å². The number of aliphatic carboxylic acids is 1. The van der Waals surface area contributed by atoms with Crippen molar-refractivity contribution < 1.29 is 9.90 Å². The van der Waals surface area contributed by atoms with Gasteiger partial charge in [-0.1, -0.05) is 6.92 Å². The number of hydrogen-bond acceptors (Lipinski definition) is 3. The molecule has 1 aromatic heterocycles. The molecule has 0 aromatic carbocycles. The molecule has 2 N–H and O–H groups in total. The van der Waals surface area contributed by atoms with E-state index in [9.17, 15) is 9.59 Å². The molecule has 0 radical (unpaired) electrons. The lowest BCUT2D eigenvalue weighted by Crippen LogP contribution is -2.19. The molecule has 0 aliphatic heterocycles. The van der Waals surface area contributed by atoms with E-state index >= 15 is 0 Å². The van der Waals surface area contributed by atoms with Crippen molar-refractivity contribution >= 4 is 5.97 Å². The third-order valence-corrected chi connectivity index (χ3v) is 2.95. The highest BCUT2D eigenvalue weighted by Crippen LogP contribution is 2.27. The molecule has 0 bridgehead atoms. The summed E-state index contributed by atoms with van der Waals surface area (Å²) < 4.78 is 0. The molecular formula is C11H14N2O3. The van der Waals surface area contributed by atoms with Gasteiger partial charge in [0.15, 0.2) is 0 Å². The number of carboxylic acid groups (broad SMARTS) is 1. The molecular weight excluding hydrogens is 208 g/mol. The Labute approximate surface area is 92.5 Å². The van der Waals surface area contributed by atoms with E-state index in [4.69, 9.17) is 5.11 Å². The first kappa shape index (κ1) is 10.9. The number of H-pyrrole nitrogens is 1. The number of carboxylic acids is 1. The number of fused-ring (bicyclic) bond motifs is 1. The molecule has 86 valence electrons. The van der Waals surface area contributed by atoms with Crippen LogP contribution in [0.1, 0.15) is 42.6 Å². The van der Waals surface area contributed by atoms with E-state index < -0.39 is 5.97 Å². The van der Waals surface area contributed by atoms with Crippen LogP contribution in [0, 0.1) is 0 Å². The minimum absolute atomic E-state index is 0.0168. The van der Waals surface area contributed by atoms with Crippen LogP contribution in [0.15, 0.2) is 4.79 Å². The second kappa shape index (κ2) is 4.08. The van der Waals surface area contributed by atoms with Crippen LogP contribution in [0.2, 0.25) is 0 Å². The Morgan fingerprint density at radius 1 is 1.56 bits per heavy atom. The molecule has 1 aliphatic rings. The zero-order valence-electron chi connectivity index (χ0n) is 9.12. The highest BCUT2D eigenvalue weighted by Gasteiger charge is 2.22. The van der Waals surface area contributed by atoms with Gasteiger partial charge in [0.05, 0.1) is 12.1 Å². The van der Waals surface area contributed by atoms with Crippen LogP contribution >= 0.6 is 0 Å². The second-order valence-electron chi connectivity index (χ2n) is 4.24. The average molecular weight is 222 g/mol. The first-order chi connectivity index (χ1) is 7.58. The van der Waals surface area contributed by atoms with E-state index in [0.717, 1.165) is 30.5 Å². The minimum atomic E-state index is -0.860. The van der Waals surface area contributed by atoms with Crippen molar-refractivity contribution in [1.82, 2.24) is 9.97 Å². The molecule has 1 unspecified atom stereocenters. The standard InChI is InChI=1S/C11H14N2O3/c1-6(5-9(14)15)10-7-3-2-4-8(7)12-11(16)13-10/h6H,2-5H2,1H3,(H,14,15)(H,12,13,16). The van der Waals surface area contributed by atoms with Gasteiger partial charge in [0.2, 0.25) is 0 Å². The van der Waals surface area contributed by atoms with Crippen molar-refractivity contribution in [3.05, 3.63) is 27.4 Å². The molecule has 16 heavy (non-hydrogen) atoms. The topological polar surface area (TPSA) is 83.0 Å². The molecule has 1 atom stereocenters. The molecule has 5 heteroatoms. The van der Waals surface area contributed by atoms with Gasteiger partial charge in [-0.25, -0.2) is 4.79 Å². The number of aromatic nitrogens is 2. The molecule has 0 saturated heterocycles. The molecule has 1 aromatic rings. The summed E-state index contributed by atoms with van der Waals surface area (Å²) in [5.74, 6) is -1.06. The maximum Gasteiger partial charge on any atom is 0.345 e. The van der Waals surface area contributed by atoms with Crippen molar-refractivity contribution in [2.24, 2.45) is 0 Å². The van der Waals surface area contributed by atoms with Crippen LogP contribution < -0.4 is 5.69 Å². The van der Waals surface area contributed by atoms with Crippen LogP contribution in [0.3, 0.4) is 0 Å². The van der Waals surface area contributed by atoms with Gasteiger partial charge >= 0.3 is 11.7 Å². The van der Waals surface area contributed by atoms with Gasteiger partial charge in [0, 0.05) is 11.6 Å². The third-order valence-electron chi connectivity index (χ3n) is 2.95. The summed E-state index contributed by atoms with van der Waals surface area (Å²) in [5.41, 5.74) is 2.28. The summed E-state index contributed by atoms with van der Waals surface area (Å²) >= 11 is 0. The zero-order chi connectivity index (χ0) is 11.7. The molecule has 5 nitrogen and oxygen atoms in total. The molecule has 1 heterocycles. The first-order valence-corrected chi connectivity index (χ1v) is 5.41. The number of aromatic amines is 1. The number of carbonyl (C=O) groups is 1. The van der Waals surface area contributed by atoms with Gasteiger partial charge in [-0.15, -0.1) is 0 Å². The lowest BCUT2D eigenvalue weighted by atomic mass is 9.98. The number of aryl methyl sites for hydroxylation is 1. The quantitative estimate of drug-likeness (QED) is 0.793. The molecule has 2 rings (SSSR count). The first-order valence-electron chi connectivity index (χ1n) is 5.41. The van der Waals surface area contributed by atoms with Gasteiger partial charge in [-0.3, -0.25) is 4.79 Å². The maximum absolute atomic E-state index is 11.3. The summed E-state index contributed by atoms with van der Waals surface area (Å²) in [7, 11) is 0. The Balaban J connectivity index is 2.40. The predicted molar refractivity (Wildman–Crippen MR) is 57.6 cm³/mol. The van der Waals surface area contributed by atoms with E-state index in [2.05, 4.69) is 9.97 Å². The summed E-state index contributed by atoms with van der Waals surface area (Å²) in [5, 5.41) is 8.75. The lowest BCUT2D eigenvalue weighted by Gasteiger charge is -2.12. The van der Waals surface area contributed by atoms with Crippen LogP contribution in [0.4, 0.5) is 0 Å². The summed E-state index contributed by atoms with van der Waals surface area (Å²) in [4.78, 5) is 28.6. The van der Waals surface area contributed by atoms with Gasteiger partial charge < -0.3 is 10.1 Å². The largest absolute Gasteiger partial charge is 0.481 e. The van der Waals surface area contributed by atoms with Crippen molar-refractivity contribution in [1.29, 1.82) is 0 Å². The minimum Gasteiger partial charge on any atom is -0.481 e. The fraction of sp³-hybridized carbons (Fsp3) is 0.545. The fourth-order valence-electron chi connectivity index (χ4n) is 2.26. The Kier molecular flexibility index (Phi) is 2.77. The van der Waals surface area contributed by atoms with Crippen molar-refractivity contribution in [3.8, 4) is 0 Å². The lowest BCUT2D eigenvalue weighted by molar-refractivity contribution is -0.137. The number of rotatable bonds is 3. The van der Waals surface area contributed by atoms with Crippen LogP contribution in [0.5, 0.6) is 0 Å². The van der Waals surface area contributed by atoms with E-state index in [1.807, 2.05) is 0 Å². The number of nitrogens with zero attached hydrogens (tertiary/aromatic N) is 1. The Bertz CT molecular complexity index is 479. The summed E-state index contributed by atoms with van der Waals surface area (Å²) in [6.07, 6.45) is 2.77. The van der Waals surface area contributed by atoms with Gasteiger partial charge in [-0.05, 0) is 24.8 Å². The zero-order valence-corrected chi connectivity index (χ0v) is 9.12. The molecule has 0 spiro atoms. The monoisotopic (exact) mass is 222 g/mol. The maximum atomic E-state index is 11.3. The number of hydrogen-bond donors (Lipinski definition) is 2. The third kappa shape index (κ3) is 1.98. The van der Waals surface area contributed by atoms with Crippen LogP contribution in [-0.4, -0.2) is 21.0 Å². The summed E-state index contributed by atoms with van der Waals surface area (Å²) in [6.45, 7) is 1.80. The van der Waals surface area contributed by atoms with Crippen molar-refractivity contribution in [2.75, 3.05) is 0 Å². The highest BCUT2D eigenvalue weighted by molar-refractivity contribution is 5.68. The van der Waals surface area contributed by atoms with Gasteiger partial charge in [-0.2, -0.15) is 4.98 Å². The van der Waals surface area contributed by atoms with Crippen LogP contribution in [-0.2, 0) is 17.6 Å². The molecule has 0 amide bonds. The van der Waals surface area contributed by atoms with Gasteiger partial charge in [0.1, 0.15) is 0 Å². The normalized spacial score (nSPS) is 15.8. The Morgan fingerprint density at radius 3 is 3.00 bits per heavy atom. The number of nitrogens with one attached hydrogen (secondary N) is 1. The van der Waals surface area contributed by atoms with E-state index in [-0.39, 0.29) is 18.0 Å². The Hall–Kier alpha value is -1.65. The molecule has 0 fully saturated rings. The molecule has 1 aliphatic carbocycles. The second-order valence-corrected chi connectivity index (χ2v) is 4.24. The van der Waals surface area contributed by atoms with Gasteiger partial charge in [0.25, 0.3) is 0 Å². The smallest absolute Gasteiger partial charge is 0.345 e. The van der Waals surface area contributed by atoms with Crippen LogP contribution in [0.25, 0.3) is 0 Å². The predicted octanol–water partition coefficient (Wildman–Crippen LogP) is 0.837. The van der Waals surface area contributed by atoms with E-state index in [0.29, 0.717) is 5.69 Å². The summed E-state index contributed by atoms with van der Waals surface area (Å²) in [6, 6.07) is 0. The highest BCUT2D eigenvalue weighted by atomic mass is 16.4. The van der Waals surface area contributed by atoms with E-state index in [1.54, 1.807) is 6.92 Å². The SMILES string of the molecule is CC(CC(=O)O)c1nc(=O)[nH]c2c1CCC2. The fourth-order valence-corrected chi connectivity index (χ4v) is 2.26.